The van der Waals surface area contributed by atoms with Gasteiger partial charge in [0.1, 0.15) is 17.6 Å². The van der Waals surface area contributed by atoms with Crippen LogP contribution in [0.25, 0.3) is 22.4 Å². The Bertz CT molecular complexity index is 1540. The van der Waals surface area contributed by atoms with Crippen molar-refractivity contribution in [1.82, 2.24) is 10.1 Å². The van der Waals surface area contributed by atoms with Crippen molar-refractivity contribution in [2.45, 2.75) is 26.4 Å². The summed E-state index contributed by atoms with van der Waals surface area (Å²) in [7, 11) is 1.33. The molecule has 8 nitrogen and oxygen atoms in total. The number of halogens is 1. The van der Waals surface area contributed by atoms with Gasteiger partial charge in [-0.3, -0.25) is 9.59 Å². The van der Waals surface area contributed by atoms with E-state index in [-0.39, 0.29) is 23.4 Å². The molecule has 1 aliphatic heterocycles. The largest absolute Gasteiger partial charge is 0.467 e. The van der Waals surface area contributed by atoms with E-state index in [4.69, 9.17) is 9.26 Å². The van der Waals surface area contributed by atoms with Crippen LogP contribution in [0.2, 0.25) is 0 Å². The SMILES string of the molecule is COC(=O)[C@H](C(C)C)N1Cc2ccc(-c3ccc(NC(=O)c4cc(-c5ccc(F)cc5)no4)cc3)cc2C1=O. The predicted molar refractivity (Wildman–Crippen MR) is 142 cm³/mol. The number of benzene rings is 3. The minimum atomic E-state index is -0.655. The van der Waals surface area contributed by atoms with Gasteiger partial charge in [-0.05, 0) is 65.1 Å². The van der Waals surface area contributed by atoms with Crippen molar-refractivity contribution >= 4 is 23.5 Å². The highest BCUT2D eigenvalue weighted by atomic mass is 19.1. The normalized spacial score (nSPS) is 13.4. The van der Waals surface area contributed by atoms with Crippen molar-refractivity contribution in [3.63, 3.8) is 0 Å². The zero-order chi connectivity index (χ0) is 27.7. The van der Waals surface area contributed by atoms with E-state index in [1.54, 1.807) is 29.2 Å². The Morgan fingerprint density at radius 3 is 2.31 bits per heavy atom. The second kappa shape index (κ2) is 10.5. The fourth-order valence-corrected chi connectivity index (χ4v) is 4.69. The van der Waals surface area contributed by atoms with Gasteiger partial charge in [-0.25, -0.2) is 9.18 Å². The van der Waals surface area contributed by atoms with Crippen LogP contribution in [0.1, 0.15) is 40.3 Å². The first-order valence-electron chi connectivity index (χ1n) is 12.4. The lowest BCUT2D eigenvalue weighted by Crippen LogP contribution is -2.45. The number of methoxy groups -OCH3 is 1. The highest BCUT2D eigenvalue weighted by molar-refractivity contribution is 6.03. The van der Waals surface area contributed by atoms with Crippen LogP contribution >= 0.6 is 0 Å². The van der Waals surface area contributed by atoms with Gasteiger partial charge in [-0.2, -0.15) is 0 Å². The predicted octanol–water partition coefficient (Wildman–Crippen LogP) is 5.55. The summed E-state index contributed by atoms with van der Waals surface area (Å²) in [4.78, 5) is 39.8. The number of carbonyl (C=O) groups excluding carboxylic acids is 3. The van der Waals surface area contributed by atoms with E-state index in [1.165, 1.54) is 25.3 Å². The maximum Gasteiger partial charge on any atom is 0.328 e. The van der Waals surface area contributed by atoms with Crippen molar-refractivity contribution in [3.8, 4) is 22.4 Å². The lowest BCUT2D eigenvalue weighted by Gasteiger charge is -2.28. The first kappa shape index (κ1) is 25.8. The van der Waals surface area contributed by atoms with Gasteiger partial charge in [0.15, 0.2) is 0 Å². The zero-order valence-electron chi connectivity index (χ0n) is 21.6. The van der Waals surface area contributed by atoms with Gasteiger partial charge >= 0.3 is 5.97 Å². The molecule has 0 aliphatic carbocycles. The third kappa shape index (κ3) is 5.16. The van der Waals surface area contributed by atoms with Crippen LogP contribution in [0.5, 0.6) is 0 Å². The molecule has 0 saturated carbocycles. The second-order valence-corrected chi connectivity index (χ2v) is 9.63. The highest BCUT2D eigenvalue weighted by Crippen LogP contribution is 2.32. The third-order valence-corrected chi connectivity index (χ3v) is 6.70. The molecule has 0 fully saturated rings. The number of rotatable bonds is 7. The van der Waals surface area contributed by atoms with E-state index in [0.717, 1.165) is 16.7 Å². The number of fused-ring (bicyclic) bond motifs is 1. The summed E-state index contributed by atoms with van der Waals surface area (Å²) in [6.07, 6.45) is 0. The number of hydrogen-bond donors (Lipinski definition) is 1. The van der Waals surface area contributed by atoms with Gasteiger partial charge in [0, 0.05) is 29.4 Å². The number of anilines is 1. The summed E-state index contributed by atoms with van der Waals surface area (Å²) >= 11 is 0. The zero-order valence-corrected chi connectivity index (χ0v) is 21.6. The molecule has 3 aromatic carbocycles. The molecule has 1 aromatic heterocycles. The first-order valence-corrected chi connectivity index (χ1v) is 12.4. The number of esters is 1. The molecule has 2 amide bonds. The second-order valence-electron chi connectivity index (χ2n) is 9.63. The number of aromatic nitrogens is 1. The minimum absolute atomic E-state index is 0.0201. The molecule has 198 valence electrons. The quantitative estimate of drug-likeness (QED) is 0.316. The molecule has 0 spiro atoms. The molecule has 4 aromatic rings. The Morgan fingerprint density at radius 1 is 0.974 bits per heavy atom. The average Bonchev–Trinajstić information content (AvgIpc) is 3.55. The highest BCUT2D eigenvalue weighted by Gasteiger charge is 2.38. The van der Waals surface area contributed by atoms with E-state index >= 15 is 0 Å². The van der Waals surface area contributed by atoms with Gasteiger partial charge in [0.25, 0.3) is 11.8 Å². The number of amides is 2. The summed E-state index contributed by atoms with van der Waals surface area (Å²) < 4.78 is 23.3. The van der Waals surface area contributed by atoms with Crippen LogP contribution in [-0.2, 0) is 16.1 Å². The molecule has 0 bridgehead atoms. The summed E-state index contributed by atoms with van der Waals surface area (Å²) in [5, 5.41) is 6.66. The molecular weight excluding hydrogens is 501 g/mol. The molecule has 39 heavy (non-hydrogen) atoms. The van der Waals surface area contributed by atoms with Crippen LogP contribution < -0.4 is 5.32 Å². The van der Waals surface area contributed by atoms with E-state index in [9.17, 15) is 18.8 Å². The third-order valence-electron chi connectivity index (χ3n) is 6.70. The average molecular weight is 528 g/mol. The molecule has 2 heterocycles. The van der Waals surface area contributed by atoms with Gasteiger partial charge in [0.05, 0.1) is 7.11 Å². The number of carbonyl (C=O) groups is 3. The number of nitrogens with one attached hydrogen (secondary N) is 1. The maximum absolute atomic E-state index is 13.2. The fourth-order valence-electron chi connectivity index (χ4n) is 4.69. The fraction of sp³-hybridized carbons (Fsp3) is 0.200. The van der Waals surface area contributed by atoms with E-state index < -0.39 is 17.9 Å². The van der Waals surface area contributed by atoms with Crippen LogP contribution in [0, 0.1) is 11.7 Å². The smallest absolute Gasteiger partial charge is 0.328 e. The standard InChI is InChI=1S/C30H26FN3O5/c1-17(2)27(30(37)38-3)34-16-21-5-4-20(14-24(21)29(34)36)18-8-12-23(13-9-18)32-28(35)26-15-25(33-39-26)19-6-10-22(31)11-7-19/h4-15,17,27H,16H2,1-3H3,(H,32,35)/t27-/m0/s1. The van der Waals surface area contributed by atoms with Crippen molar-refractivity contribution in [2.75, 3.05) is 12.4 Å². The Kier molecular flexibility index (Phi) is 6.98. The maximum atomic E-state index is 13.2. The van der Waals surface area contributed by atoms with Crippen LogP contribution in [-0.4, -0.2) is 41.0 Å². The Balaban J connectivity index is 1.29. The first-order chi connectivity index (χ1) is 18.7. The van der Waals surface area contributed by atoms with Gasteiger partial charge in [-0.1, -0.05) is 43.3 Å². The van der Waals surface area contributed by atoms with Crippen molar-refractivity contribution < 1.29 is 28.0 Å². The summed E-state index contributed by atoms with van der Waals surface area (Å²) in [5.74, 6) is -1.54. The Morgan fingerprint density at radius 2 is 1.64 bits per heavy atom. The molecule has 1 aliphatic rings. The number of ether oxygens (including phenoxy) is 1. The molecule has 5 rings (SSSR count). The lowest BCUT2D eigenvalue weighted by atomic mass is 10.00. The molecule has 1 N–H and O–H groups in total. The summed E-state index contributed by atoms with van der Waals surface area (Å²) in [5.41, 5.74) is 4.70. The molecule has 0 saturated heterocycles. The Hall–Kier alpha value is -4.79. The van der Waals surface area contributed by atoms with Gasteiger partial charge in [0.2, 0.25) is 5.76 Å². The molecular formula is C30H26FN3O5. The van der Waals surface area contributed by atoms with Crippen molar-refractivity contribution in [2.24, 2.45) is 5.92 Å². The number of hydrogen-bond acceptors (Lipinski definition) is 6. The van der Waals surface area contributed by atoms with Crippen LogP contribution in [0.15, 0.2) is 77.3 Å². The van der Waals surface area contributed by atoms with Gasteiger partial charge < -0.3 is 19.5 Å². The number of nitrogens with zero attached hydrogens (tertiary/aromatic N) is 2. The molecule has 1 atom stereocenters. The molecule has 9 heteroatoms. The Labute approximate surface area is 224 Å². The van der Waals surface area contributed by atoms with E-state index in [1.807, 2.05) is 44.2 Å². The van der Waals surface area contributed by atoms with Crippen molar-refractivity contribution in [3.05, 3.63) is 95.5 Å². The minimum Gasteiger partial charge on any atom is -0.467 e. The van der Waals surface area contributed by atoms with Crippen LogP contribution in [0.3, 0.4) is 0 Å². The van der Waals surface area contributed by atoms with E-state index in [2.05, 4.69) is 10.5 Å². The lowest BCUT2D eigenvalue weighted by molar-refractivity contribution is -0.147. The topological polar surface area (TPSA) is 102 Å². The summed E-state index contributed by atoms with van der Waals surface area (Å²) in [6, 6.07) is 19.4. The van der Waals surface area contributed by atoms with Crippen LogP contribution in [0.4, 0.5) is 10.1 Å². The molecule has 0 unspecified atom stereocenters. The van der Waals surface area contributed by atoms with Gasteiger partial charge in [-0.15, -0.1) is 0 Å². The van der Waals surface area contributed by atoms with Crippen molar-refractivity contribution in [1.29, 1.82) is 0 Å². The monoisotopic (exact) mass is 527 g/mol. The van der Waals surface area contributed by atoms with E-state index in [0.29, 0.717) is 29.1 Å². The summed E-state index contributed by atoms with van der Waals surface area (Å²) in [6.45, 7) is 4.12. The molecule has 0 radical (unpaired) electrons.